The molecule has 0 saturated carbocycles. The fraction of sp³-hybridized carbons (Fsp3) is 0. The Morgan fingerprint density at radius 3 is 2.61 bits per heavy atom. The van der Waals surface area contributed by atoms with Gasteiger partial charge < -0.3 is 4.98 Å². The van der Waals surface area contributed by atoms with Gasteiger partial charge in [-0.1, -0.05) is 18.2 Å². The van der Waals surface area contributed by atoms with E-state index in [0.29, 0.717) is 5.52 Å². The summed E-state index contributed by atoms with van der Waals surface area (Å²) in [5, 5.41) is 18.6. The summed E-state index contributed by atoms with van der Waals surface area (Å²) >= 11 is 2.24. The van der Waals surface area contributed by atoms with Gasteiger partial charge in [0.15, 0.2) is 11.2 Å². The minimum absolute atomic E-state index is 0.0766. The molecular weight excluding hydrogens is 401 g/mol. The number of hydrogen-bond acceptors (Lipinski definition) is 3. The number of hydrogen-bond donors (Lipinski definition) is 2. The average Bonchev–Trinajstić information content (AvgIpc) is 2.93. The minimum atomic E-state index is 0.0766. The summed E-state index contributed by atoms with van der Waals surface area (Å²) in [4.78, 5) is 7.70. The number of nitriles is 1. The van der Waals surface area contributed by atoms with Crippen molar-refractivity contribution in [2.75, 3.05) is 0 Å². The first kappa shape index (κ1) is 14.0. The second-order valence-corrected chi connectivity index (χ2v) is 6.35. The highest BCUT2D eigenvalue weighted by atomic mass is 127. The Hall–Kier alpha value is -2.66. The van der Waals surface area contributed by atoms with Crippen LogP contribution in [0.4, 0.5) is 0 Å². The number of nitrogens with one attached hydrogen (secondary N) is 2. The zero-order chi connectivity index (χ0) is 16.0. The van der Waals surface area contributed by atoms with Gasteiger partial charge in [0.2, 0.25) is 0 Å². The first-order valence-corrected chi connectivity index (χ1v) is 8.01. The third kappa shape index (κ3) is 2.12. The molecule has 0 bridgehead atoms. The van der Waals surface area contributed by atoms with E-state index in [0.717, 1.165) is 25.8 Å². The molecule has 0 amide bonds. The van der Waals surface area contributed by atoms with Crippen molar-refractivity contribution in [3.05, 3.63) is 63.3 Å². The summed E-state index contributed by atoms with van der Waals surface area (Å²) in [6.07, 6.45) is 0. The van der Waals surface area contributed by atoms with Crippen LogP contribution in [0.25, 0.3) is 27.8 Å². The molecule has 2 aromatic heterocycles. The molecule has 0 radical (unpaired) electrons. The molecule has 4 aromatic rings. The van der Waals surface area contributed by atoms with E-state index in [1.54, 1.807) is 4.57 Å². The van der Waals surface area contributed by atoms with E-state index < -0.39 is 0 Å². The standard InChI is InChI=1S/C17H10IN5/c18-10-5-7-11(8-6-10)23-16(20)14(9-19)21-15-12-3-1-2-4-13(12)22-17(15)23/h1-8,20,22H. The number of benzene rings is 2. The average molecular weight is 411 g/mol. The van der Waals surface area contributed by atoms with Gasteiger partial charge in [0.05, 0.1) is 0 Å². The van der Waals surface area contributed by atoms with Crippen molar-refractivity contribution in [3.63, 3.8) is 0 Å². The molecule has 0 aliphatic rings. The van der Waals surface area contributed by atoms with Crippen molar-refractivity contribution in [1.82, 2.24) is 14.5 Å². The highest BCUT2D eigenvalue weighted by molar-refractivity contribution is 14.1. The van der Waals surface area contributed by atoms with Crippen LogP contribution in [0.15, 0.2) is 48.5 Å². The molecule has 110 valence electrons. The quantitative estimate of drug-likeness (QED) is 0.471. The number of para-hydroxylation sites is 1. The van der Waals surface area contributed by atoms with E-state index >= 15 is 0 Å². The van der Waals surface area contributed by atoms with Gasteiger partial charge in [0, 0.05) is 20.2 Å². The molecule has 0 aliphatic carbocycles. The fourth-order valence-electron chi connectivity index (χ4n) is 2.70. The molecule has 0 atom stereocenters. The van der Waals surface area contributed by atoms with Crippen molar-refractivity contribution in [1.29, 1.82) is 10.7 Å². The van der Waals surface area contributed by atoms with Crippen LogP contribution in [0.5, 0.6) is 0 Å². The van der Waals surface area contributed by atoms with Crippen LogP contribution < -0.4 is 5.49 Å². The van der Waals surface area contributed by atoms with Crippen molar-refractivity contribution >= 4 is 44.7 Å². The highest BCUT2D eigenvalue weighted by Crippen LogP contribution is 2.24. The highest BCUT2D eigenvalue weighted by Gasteiger charge is 2.14. The number of fused-ring (bicyclic) bond motifs is 3. The summed E-state index contributed by atoms with van der Waals surface area (Å²) in [7, 11) is 0. The third-order valence-electron chi connectivity index (χ3n) is 3.75. The van der Waals surface area contributed by atoms with Crippen molar-refractivity contribution < 1.29 is 0 Å². The Labute approximate surface area is 144 Å². The van der Waals surface area contributed by atoms with Gasteiger partial charge in [-0.25, -0.2) is 4.98 Å². The lowest BCUT2D eigenvalue weighted by molar-refractivity contribution is 0.921. The van der Waals surface area contributed by atoms with E-state index in [1.165, 1.54) is 0 Å². The second kappa shape index (κ2) is 5.21. The summed E-state index contributed by atoms with van der Waals surface area (Å²) < 4.78 is 2.85. The van der Waals surface area contributed by atoms with Gasteiger partial charge in [0.25, 0.3) is 0 Å². The van der Waals surface area contributed by atoms with E-state index in [2.05, 4.69) is 32.6 Å². The Balaban J connectivity index is 2.21. The zero-order valence-electron chi connectivity index (χ0n) is 11.8. The van der Waals surface area contributed by atoms with E-state index in [4.69, 9.17) is 5.41 Å². The predicted molar refractivity (Wildman–Crippen MR) is 96.2 cm³/mol. The van der Waals surface area contributed by atoms with E-state index in [1.807, 2.05) is 54.6 Å². The molecule has 0 unspecified atom stereocenters. The monoisotopic (exact) mass is 411 g/mol. The molecule has 4 rings (SSSR count). The summed E-state index contributed by atoms with van der Waals surface area (Å²) in [6, 6.07) is 17.7. The molecular formula is C17H10IN5. The minimum Gasteiger partial charge on any atom is -0.339 e. The van der Waals surface area contributed by atoms with Crippen LogP contribution in [0.1, 0.15) is 5.69 Å². The van der Waals surface area contributed by atoms with E-state index in [9.17, 15) is 5.26 Å². The second-order valence-electron chi connectivity index (χ2n) is 5.10. The van der Waals surface area contributed by atoms with Gasteiger partial charge >= 0.3 is 0 Å². The van der Waals surface area contributed by atoms with E-state index in [-0.39, 0.29) is 11.2 Å². The number of rotatable bonds is 1. The Morgan fingerprint density at radius 1 is 1.13 bits per heavy atom. The molecule has 23 heavy (non-hydrogen) atoms. The number of aromatic amines is 1. The first-order valence-electron chi connectivity index (χ1n) is 6.93. The van der Waals surface area contributed by atoms with Crippen molar-refractivity contribution in [2.45, 2.75) is 0 Å². The molecule has 5 nitrogen and oxygen atoms in total. The van der Waals surface area contributed by atoms with Gasteiger partial charge in [0.1, 0.15) is 17.2 Å². The van der Waals surface area contributed by atoms with Gasteiger partial charge in [-0.05, 0) is 52.9 Å². The third-order valence-corrected chi connectivity index (χ3v) is 4.46. The Bertz CT molecular complexity index is 1150. The molecule has 2 N–H and O–H groups in total. The maximum Gasteiger partial charge on any atom is 0.184 e. The van der Waals surface area contributed by atoms with Crippen LogP contribution in [0.3, 0.4) is 0 Å². The molecule has 0 spiro atoms. The summed E-state index contributed by atoms with van der Waals surface area (Å²) in [5.41, 5.74) is 3.37. The van der Waals surface area contributed by atoms with Gasteiger partial charge in [-0.2, -0.15) is 5.26 Å². The first-order chi connectivity index (χ1) is 11.2. The predicted octanol–water partition coefficient (Wildman–Crippen LogP) is 3.46. The maximum atomic E-state index is 9.35. The number of H-pyrrole nitrogens is 1. The fourth-order valence-corrected chi connectivity index (χ4v) is 3.06. The van der Waals surface area contributed by atoms with Crippen LogP contribution in [-0.4, -0.2) is 14.5 Å². The lowest BCUT2D eigenvalue weighted by atomic mass is 10.2. The number of aromatic nitrogens is 3. The smallest absolute Gasteiger partial charge is 0.184 e. The Morgan fingerprint density at radius 2 is 1.87 bits per heavy atom. The van der Waals surface area contributed by atoms with Crippen molar-refractivity contribution in [3.8, 4) is 11.8 Å². The van der Waals surface area contributed by atoms with Crippen LogP contribution >= 0.6 is 22.6 Å². The molecule has 2 aromatic carbocycles. The maximum absolute atomic E-state index is 9.35. The lowest BCUT2D eigenvalue weighted by Gasteiger charge is -2.09. The number of halogens is 1. The Kier molecular flexibility index (Phi) is 3.16. The largest absolute Gasteiger partial charge is 0.339 e. The summed E-state index contributed by atoms with van der Waals surface area (Å²) in [5.74, 6) is 0. The van der Waals surface area contributed by atoms with Crippen LogP contribution in [0, 0.1) is 20.3 Å². The summed E-state index contributed by atoms with van der Waals surface area (Å²) in [6.45, 7) is 0. The normalized spacial score (nSPS) is 11.0. The molecule has 0 aliphatic heterocycles. The molecule has 2 heterocycles. The molecule has 0 saturated heterocycles. The van der Waals surface area contributed by atoms with Gasteiger partial charge in [-0.15, -0.1) is 0 Å². The van der Waals surface area contributed by atoms with Crippen molar-refractivity contribution in [2.24, 2.45) is 0 Å². The topological polar surface area (TPSA) is 81.2 Å². The van der Waals surface area contributed by atoms with Crippen LogP contribution in [0.2, 0.25) is 0 Å². The number of nitrogens with zero attached hydrogens (tertiary/aromatic N) is 3. The molecule has 6 heteroatoms. The van der Waals surface area contributed by atoms with Gasteiger partial charge in [-0.3, -0.25) is 9.98 Å². The SMILES string of the molecule is N#Cc1nc2c3ccccc3[nH]c2n(-c2ccc(I)cc2)c1=N. The lowest BCUT2D eigenvalue weighted by Crippen LogP contribution is -2.23. The van der Waals surface area contributed by atoms with Crippen LogP contribution in [-0.2, 0) is 0 Å². The zero-order valence-corrected chi connectivity index (χ0v) is 14.0. The molecule has 0 fully saturated rings.